The maximum absolute atomic E-state index is 12.2. The molecular weight excluding hydrogens is 276 g/mol. The lowest BCUT2D eigenvalue weighted by molar-refractivity contribution is -0.149. The molecule has 1 aromatic carbocycles. The number of esters is 1. The fourth-order valence-electron chi connectivity index (χ4n) is 2.51. The number of rotatable bonds is 4. The molecule has 0 radical (unpaired) electrons. The van der Waals surface area contributed by atoms with Gasteiger partial charge in [-0.2, -0.15) is 0 Å². The van der Waals surface area contributed by atoms with E-state index in [0.717, 1.165) is 23.5 Å². The van der Waals surface area contributed by atoms with Crippen molar-refractivity contribution >= 4 is 5.97 Å². The number of hydrogen-bond donors (Lipinski definition) is 0. The van der Waals surface area contributed by atoms with Crippen molar-refractivity contribution in [3.8, 4) is 5.75 Å². The van der Waals surface area contributed by atoms with Gasteiger partial charge in [0.2, 0.25) is 0 Å². The lowest BCUT2D eigenvalue weighted by Crippen LogP contribution is -2.23. The molecule has 0 aliphatic heterocycles. The fourth-order valence-corrected chi connectivity index (χ4v) is 2.51. The number of benzene rings is 1. The molecule has 3 heteroatoms. The van der Waals surface area contributed by atoms with Crippen LogP contribution in [0, 0.1) is 11.3 Å². The van der Waals surface area contributed by atoms with Crippen molar-refractivity contribution in [1.82, 2.24) is 0 Å². The second-order valence-corrected chi connectivity index (χ2v) is 7.23. The zero-order valence-electron chi connectivity index (χ0n) is 14.4. The van der Waals surface area contributed by atoms with Gasteiger partial charge >= 0.3 is 5.97 Å². The van der Waals surface area contributed by atoms with Gasteiger partial charge < -0.3 is 9.47 Å². The molecule has 0 heterocycles. The van der Waals surface area contributed by atoms with Crippen molar-refractivity contribution in [3.05, 3.63) is 41.2 Å². The zero-order chi connectivity index (χ0) is 16.5. The predicted octanol–water partition coefficient (Wildman–Crippen LogP) is 4.68. The van der Waals surface area contributed by atoms with Gasteiger partial charge in [0.15, 0.2) is 0 Å². The average Bonchev–Trinajstić information content (AvgIpc) is 3.23. The number of ether oxygens (including phenoxy) is 2. The summed E-state index contributed by atoms with van der Waals surface area (Å²) < 4.78 is 10.9. The lowest BCUT2D eigenvalue weighted by Gasteiger charge is -2.19. The van der Waals surface area contributed by atoms with E-state index in [4.69, 9.17) is 9.47 Å². The first kappa shape index (κ1) is 16.6. The van der Waals surface area contributed by atoms with Crippen LogP contribution in [0.4, 0.5) is 0 Å². The molecule has 0 spiro atoms. The van der Waals surface area contributed by atoms with Crippen molar-refractivity contribution in [2.45, 2.75) is 47.0 Å². The summed E-state index contributed by atoms with van der Waals surface area (Å²) in [5.41, 5.74) is 1.88. The summed E-state index contributed by atoms with van der Waals surface area (Å²) in [5, 5.41) is 0. The van der Waals surface area contributed by atoms with Gasteiger partial charge in [-0.1, -0.05) is 12.1 Å². The molecule has 0 N–H and O–H groups in total. The Labute approximate surface area is 133 Å². The third-order valence-corrected chi connectivity index (χ3v) is 3.98. The van der Waals surface area contributed by atoms with Crippen molar-refractivity contribution in [2.24, 2.45) is 11.3 Å². The Hall–Kier alpha value is -1.77. The highest BCUT2D eigenvalue weighted by molar-refractivity contribution is 5.76. The van der Waals surface area contributed by atoms with E-state index in [2.05, 4.69) is 12.1 Å². The largest absolute Gasteiger partial charge is 0.497 e. The molecule has 2 rings (SSSR count). The molecular formula is C19H26O3. The number of carbonyl (C=O) groups excluding carboxylic acids is 1. The highest BCUT2D eigenvalue weighted by Gasteiger charge is 2.44. The standard InChI is InChI=1S/C19H26O3/c1-12(2)17(22-18(20)19(3,4)5)16-11-15(16)13-7-9-14(21-6)10-8-13/h7-10,15-16H,11H2,1-6H3/t15-,16-/m1/s1. The van der Waals surface area contributed by atoms with E-state index < -0.39 is 5.41 Å². The Morgan fingerprint density at radius 1 is 1.14 bits per heavy atom. The highest BCUT2D eigenvalue weighted by Crippen LogP contribution is 2.53. The monoisotopic (exact) mass is 302 g/mol. The lowest BCUT2D eigenvalue weighted by atomic mass is 9.97. The van der Waals surface area contributed by atoms with Crippen molar-refractivity contribution < 1.29 is 14.3 Å². The summed E-state index contributed by atoms with van der Waals surface area (Å²) >= 11 is 0. The number of allylic oxidation sites excluding steroid dienone is 2. The van der Waals surface area contributed by atoms with E-state index in [1.165, 1.54) is 5.56 Å². The predicted molar refractivity (Wildman–Crippen MR) is 87.8 cm³/mol. The minimum absolute atomic E-state index is 0.163. The molecule has 1 aliphatic carbocycles. The third kappa shape index (κ3) is 3.70. The van der Waals surface area contributed by atoms with E-state index in [9.17, 15) is 4.79 Å². The van der Waals surface area contributed by atoms with Gasteiger partial charge in [-0.05, 0) is 70.2 Å². The van der Waals surface area contributed by atoms with Crippen LogP contribution in [0.15, 0.2) is 35.6 Å². The Morgan fingerprint density at radius 3 is 2.18 bits per heavy atom. The summed E-state index contributed by atoms with van der Waals surface area (Å²) in [6, 6.07) is 8.15. The number of methoxy groups -OCH3 is 1. The molecule has 22 heavy (non-hydrogen) atoms. The summed E-state index contributed by atoms with van der Waals surface area (Å²) in [6.45, 7) is 9.66. The van der Waals surface area contributed by atoms with Gasteiger partial charge in [0.05, 0.1) is 12.5 Å². The highest BCUT2D eigenvalue weighted by atomic mass is 16.5. The first-order valence-electron chi connectivity index (χ1n) is 7.77. The molecule has 1 aromatic rings. The van der Waals surface area contributed by atoms with Gasteiger partial charge in [-0.15, -0.1) is 0 Å². The second-order valence-electron chi connectivity index (χ2n) is 7.23. The van der Waals surface area contributed by atoms with Crippen LogP contribution < -0.4 is 4.74 Å². The SMILES string of the molecule is COc1ccc([C@H]2C[C@H]2C(OC(=O)C(C)(C)C)=C(C)C)cc1. The van der Waals surface area contributed by atoms with Crippen LogP contribution in [0.25, 0.3) is 0 Å². The van der Waals surface area contributed by atoms with Crippen LogP contribution in [-0.2, 0) is 9.53 Å². The molecule has 0 unspecified atom stereocenters. The minimum Gasteiger partial charge on any atom is -0.497 e. The van der Waals surface area contributed by atoms with Crippen LogP contribution in [0.5, 0.6) is 5.75 Å². The molecule has 0 aromatic heterocycles. The van der Waals surface area contributed by atoms with Crippen LogP contribution in [-0.4, -0.2) is 13.1 Å². The van der Waals surface area contributed by atoms with Gasteiger partial charge in [0.1, 0.15) is 11.5 Å². The van der Waals surface area contributed by atoms with Crippen LogP contribution in [0.2, 0.25) is 0 Å². The first-order valence-corrected chi connectivity index (χ1v) is 7.77. The number of carbonyl (C=O) groups is 1. The van der Waals surface area contributed by atoms with Gasteiger partial charge in [-0.3, -0.25) is 4.79 Å². The summed E-state index contributed by atoms with van der Waals surface area (Å²) in [6.07, 6.45) is 1.03. The maximum Gasteiger partial charge on any atom is 0.316 e. The smallest absolute Gasteiger partial charge is 0.316 e. The molecule has 120 valence electrons. The summed E-state index contributed by atoms with van der Waals surface area (Å²) in [4.78, 5) is 12.2. The molecule has 2 atom stereocenters. The summed E-state index contributed by atoms with van der Waals surface area (Å²) in [5.74, 6) is 2.29. The van der Waals surface area contributed by atoms with E-state index in [0.29, 0.717) is 11.8 Å². The van der Waals surface area contributed by atoms with Crippen LogP contribution >= 0.6 is 0 Å². The van der Waals surface area contributed by atoms with E-state index in [-0.39, 0.29) is 5.97 Å². The van der Waals surface area contributed by atoms with Crippen molar-refractivity contribution in [1.29, 1.82) is 0 Å². The average molecular weight is 302 g/mol. The second kappa shape index (κ2) is 6.15. The molecule has 1 aliphatic rings. The Balaban J connectivity index is 2.10. The Bertz CT molecular complexity index is 572. The normalized spacial score (nSPS) is 20.3. The zero-order valence-corrected chi connectivity index (χ0v) is 14.4. The molecule has 0 bridgehead atoms. The topological polar surface area (TPSA) is 35.5 Å². The molecule has 3 nitrogen and oxygen atoms in total. The van der Waals surface area contributed by atoms with Crippen LogP contribution in [0.3, 0.4) is 0 Å². The maximum atomic E-state index is 12.2. The van der Waals surface area contributed by atoms with Gasteiger partial charge in [-0.25, -0.2) is 0 Å². The van der Waals surface area contributed by atoms with Crippen molar-refractivity contribution in [2.75, 3.05) is 7.11 Å². The quantitative estimate of drug-likeness (QED) is 0.598. The molecule has 1 fully saturated rings. The minimum atomic E-state index is -0.481. The van der Waals surface area contributed by atoms with Crippen molar-refractivity contribution in [3.63, 3.8) is 0 Å². The van der Waals surface area contributed by atoms with E-state index in [1.54, 1.807) is 7.11 Å². The molecule has 1 saturated carbocycles. The fraction of sp³-hybridized carbons (Fsp3) is 0.526. The molecule has 0 amide bonds. The summed E-state index contributed by atoms with van der Waals surface area (Å²) in [7, 11) is 1.67. The van der Waals surface area contributed by atoms with E-state index in [1.807, 2.05) is 46.8 Å². The Morgan fingerprint density at radius 2 is 1.73 bits per heavy atom. The first-order chi connectivity index (χ1) is 10.2. The van der Waals surface area contributed by atoms with Crippen LogP contribution in [0.1, 0.15) is 52.5 Å². The Kier molecular flexibility index (Phi) is 4.64. The van der Waals surface area contributed by atoms with Gasteiger partial charge in [0, 0.05) is 5.92 Å². The van der Waals surface area contributed by atoms with E-state index >= 15 is 0 Å². The number of hydrogen-bond acceptors (Lipinski definition) is 3. The molecule has 0 saturated heterocycles. The van der Waals surface area contributed by atoms with Gasteiger partial charge in [0.25, 0.3) is 0 Å². The third-order valence-electron chi connectivity index (χ3n) is 3.98.